The first-order chi connectivity index (χ1) is 9.47. The molecule has 2 N–H and O–H groups in total. The summed E-state index contributed by atoms with van der Waals surface area (Å²) in [6.07, 6.45) is 1.64. The van der Waals surface area contributed by atoms with Crippen LogP contribution < -0.4 is 0 Å². The molecule has 20 heavy (non-hydrogen) atoms. The molecule has 2 saturated heterocycles. The third kappa shape index (κ3) is 3.70. The van der Waals surface area contributed by atoms with Gasteiger partial charge in [-0.05, 0) is 31.7 Å². The summed E-state index contributed by atoms with van der Waals surface area (Å²) < 4.78 is 0. The second-order valence-corrected chi connectivity index (χ2v) is 6.06. The molecule has 0 aromatic rings. The van der Waals surface area contributed by atoms with Gasteiger partial charge in [0.2, 0.25) is 5.91 Å². The van der Waals surface area contributed by atoms with E-state index in [9.17, 15) is 14.7 Å². The average molecular weight is 284 g/mol. The topological polar surface area (TPSA) is 81.1 Å². The highest BCUT2D eigenvalue weighted by Gasteiger charge is 2.30. The van der Waals surface area contributed by atoms with Gasteiger partial charge in [-0.25, -0.2) is 0 Å². The van der Waals surface area contributed by atoms with Gasteiger partial charge in [0.25, 0.3) is 0 Å². The number of carboxylic acid groups (broad SMARTS) is 1. The van der Waals surface area contributed by atoms with E-state index in [-0.39, 0.29) is 17.9 Å². The van der Waals surface area contributed by atoms with Crippen molar-refractivity contribution in [2.45, 2.75) is 32.3 Å². The van der Waals surface area contributed by atoms with E-state index in [1.54, 1.807) is 4.90 Å². The fourth-order valence-corrected chi connectivity index (χ4v) is 2.93. The van der Waals surface area contributed by atoms with Crippen LogP contribution in [0.3, 0.4) is 0 Å². The van der Waals surface area contributed by atoms with Crippen LogP contribution in [0.25, 0.3) is 0 Å². The monoisotopic (exact) mass is 284 g/mol. The zero-order valence-electron chi connectivity index (χ0n) is 12.0. The minimum absolute atomic E-state index is 0.0515. The average Bonchev–Trinajstić information content (AvgIpc) is 2.43. The van der Waals surface area contributed by atoms with Crippen molar-refractivity contribution in [3.05, 3.63) is 0 Å². The lowest BCUT2D eigenvalue weighted by Crippen LogP contribution is -2.49. The molecule has 0 radical (unpaired) electrons. The van der Waals surface area contributed by atoms with E-state index >= 15 is 0 Å². The maximum atomic E-state index is 12.2. The van der Waals surface area contributed by atoms with Crippen LogP contribution in [-0.2, 0) is 9.59 Å². The summed E-state index contributed by atoms with van der Waals surface area (Å²) in [6.45, 7) is 4.82. The fourth-order valence-electron chi connectivity index (χ4n) is 2.93. The third-order valence-corrected chi connectivity index (χ3v) is 4.56. The Kier molecular flexibility index (Phi) is 4.99. The van der Waals surface area contributed by atoms with Crippen molar-refractivity contribution in [2.75, 3.05) is 32.7 Å². The van der Waals surface area contributed by atoms with Crippen molar-refractivity contribution in [3.63, 3.8) is 0 Å². The molecular formula is C14H24N2O4. The first-order valence-corrected chi connectivity index (χ1v) is 7.38. The lowest BCUT2D eigenvalue weighted by molar-refractivity contribution is -0.146. The maximum absolute atomic E-state index is 12.2. The minimum atomic E-state index is -0.759. The molecule has 2 fully saturated rings. The fraction of sp³-hybridized carbons (Fsp3) is 0.857. The van der Waals surface area contributed by atoms with E-state index in [1.165, 1.54) is 0 Å². The van der Waals surface area contributed by atoms with Crippen LogP contribution in [0.2, 0.25) is 0 Å². The molecule has 6 nitrogen and oxygen atoms in total. The second-order valence-electron chi connectivity index (χ2n) is 6.06. The number of carboxylic acids is 1. The minimum Gasteiger partial charge on any atom is -0.481 e. The molecule has 2 atom stereocenters. The summed E-state index contributed by atoms with van der Waals surface area (Å²) in [5.74, 6) is -0.717. The zero-order valence-corrected chi connectivity index (χ0v) is 12.0. The first-order valence-electron chi connectivity index (χ1n) is 7.38. The highest BCUT2D eigenvalue weighted by atomic mass is 16.4. The van der Waals surface area contributed by atoms with Crippen LogP contribution in [0.5, 0.6) is 0 Å². The number of β-amino-alcohol motifs (C(OH)–C–C–N with tert-alkyl or cyclic N) is 1. The number of rotatable bonds is 3. The summed E-state index contributed by atoms with van der Waals surface area (Å²) in [7, 11) is 0. The van der Waals surface area contributed by atoms with Crippen molar-refractivity contribution in [1.29, 1.82) is 0 Å². The van der Waals surface area contributed by atoms with Gasteiger partial charge < -0.3 is 15.1 Å². The predicted octanol–water partition coefficient (Wildman–Crippen LogP) is 0.0123. The Morgan fingerprint density at radius 2 is 1.80 bits per heavy atom. The molecule has 114 valence electrons. The number of hydrogen-bond donors (Lipinski definition) is 2. The van der Waals surface area contributed by atoms with Gasteiger partial charge in [-0.3, -0.25) is 14.5 Å². The molecule has 0 aliphatic carbocycles. The summed E-state index contributed by atoms with van der Waals surface area (Å²) >= 11 is 0. The number of aliphatic hydroxyl groups is 1. The zero-order chi connectivity index (χ0) is 14.7. The molecule has 0 spiro atoms. The van der Waals surface area contributed by atoms with Crippen LogP contribution >= 0.6 is 0 Å². The quantitative estimate of drug-likeness (QED) is 0.763. The van der Waals surface area contributed by atoms with E-state index in [4.69, 9.17) is 5.11 Å². The van der Waals surface area contributed by atoms with Crippen LogP contribution in [0.15, 0.2) is 0 Å². The van der Waals surface area contributed by atoms with Crippen LogP contribution in [0, 0.1) is 11.8 Å². The molecule has 1 amide bonds. The number of hydrogen-bond acceptors (Lipinski definition) is 4. The Hall–Kier alpha value is -1.14. The Balaban J connectivity index is 1.77. The maximum Gasteiger partial charge on any atom is 0.306 e. The summed E-state index contributed by atoms with van der Waals surface area (Å²) in [5.41, 5.74) is 0. The van der Waals surface area contributed by atoms with Crippen molar-refractivity contribution in [2.24, 2.45) is 11.8 Å². The smallest absolute Gasteiger partial charge is 0.306 e. The van der Waals surface area contributed by atoms with Gasteiger partial charge in [0, 0.05) is 19.6 Å². The van der Waals surface area contributed by atoms with Crippen molar-refractivity contribution < 1.29 is 19.8 Å². The first kappa shape index (κ1) is 15.3. The van der Waals surface area contributed by atoms with Crippen molar-refractivity contribution in [1.82, 2.24) is 9.80 Å². The van der Waals surface area contributed by atoms with Crippen LogP contribution in [0.4, 0.5) is 0 Å². The normalized spacial score (nSPS) is 29.4. The third-order valence-electron chi connectivity index (χ3n) is 4.56. The molecule has 0 bridgehead atoms. The van der Waals surface area contributed by atoms with Crippen molar-refractivity contribution >= 4 is 11.9 Å². The number of aliphatic carboxylic acids is 1. The molecule has 6 heteroatoms. The van der Waals surface area contributed by atoms with E-state index in [1.807, 2.05) is 11.8 Å². The van der Waals surface area contributed by atoms with E-state index in [2.05, 4.69) is 0 Å². The molecule has 2 aliphatic heterocycles. The van der Waals surface area contributed by atoms with E-state index in [0.717, 1.165) is 13.0 Å². The van der Waals surface area contributed by atoms with Gasteiger partial charge in [-0.15, -0.1) is 0 Å². The Morgan fingerprint density at radius 3 is 2.35 bits per heavy atom. The lowest BCUT2D eigenvalue weighted by atomic mass is 9.95. The van der Waals surface area contributed by atoms with Crippen molar-refractivity contribution in [3.8, 4) is 0 Å². The second kappa shape index (κ2) is 6.54. The van der Waals surface area contributed by atoms with Gasteiger partial charge in [0.1, 0.15) is 0 Å². The highest BCUT2D eigenvalue weighted by molar-refractivity contribution is 5.79. The van der Waals surface area contributed by atoms with Gasteiger partial charge in [0.05, 0.1) is 18.6 Å². The van der Waals surface area contributed by atoms with Crippen LogP contribution in [0.1, 0.15) is 26.2 Å². The number of aliphatic hydroxyl groups excluding tert-OH is 1. The van der Waals surface area contributed by atoms with Gasteiger partial charge >= 0.3 is 5.97 Å². The lowest BCUT2D eigenvalue weighted by Gasteiger charge is -2.36. The summed E-state index contributed by atoms with van der Waals surface area (Å²) in [4.78, 5) is 26.8. The molecule has 0 saturated carbocycles. The predicted molar refractivity (Wildman–Crippen MR) is 73.2 cm³/mol. The molecule has 0 aromatic heterocycles. The Morgan fingerprint density at radius 1 is 1.15 bits per heavy atom. The van der Waals surface area contributed by atoms with E-state index < -0.39 is 5.97 Å². The Bertz CT molecular complexity index is 366. The molecular weight excluding hydrogens is 260 g/mol. The van der Waals surface area contributed by atoms with Crippen LogP contribution in [-0.4, -0.2) is 70.7 Å². The van der Waals surface area contributed by atoms with Gasteiger partial charge in [-0.1, -0.05) is 6.92 Å². The SMILES string of the molecule is CC1CCN(CC(=O)N2CCC(C(=O)O)CC2)CC1O. The van der Waals surface area contributed by atoms with E-state index in [0.29, 0.717) is 44.9 Å². The highest BCUT2D eigenvalue weighted by Crippen LogP contribution is 2.19. The number of carbonyl (C=O) groups excluding carboxylic acids is 1. The summed E-state index contributed by atoms with van der Waals surface area (Å²) in [6, 6.07) is 0. The molecule has 2 aliphatic rings. The number of piperidine rings is 2. The molecule has 2 unspecified atom stereocenters. The molecule has 2 rings (SSSR count). The number of carbonyl (C=O) groups is 2. The number of amides is 1. The number of nitrogens with zero attached hydrogens (tertiary/aromatic N) is 2. The number of likely N-dealkylation sites (tertiary alicyclic amines) is 2. The largest absolute Gasteiger partial charge is 0.481 e. The Labute approximate surface area is 119 Å². The summed E-state index contributed by atoms with van der Waals surface area (Å²) in [5, 5.41) is 18.8. The molecule has 2 heterocycles. The van der Waals surface area contributed by atoms with Gasteiger partial charge in [-0.2, -0.15) is 0 Å². The standard InChI is InChI=1S/C14H24N2O4/c1-10-2-5-15(8-12(10)17)9-13(18)16-6-3-11(4-7-16)14(19)20/h10-12,17H,2-9H2,1H3,(H,19,20). The van der Waals surface area contributed by atoms with Gasteiger partial charge in [0.15, 0.2) is 0 Å². The molecule has 0 aromatic carbocycles.